The molecule has 0 fully saturated rings. The summed E-state index contributed by atoms with van der Waals surface area (Å²) < 4.78 is 9.98. The quantitative estimate of drug-likeness (QED) is 0.494. The number of esters is 2. The first kappa shape index (κ1) is 17.2. The molecule has 116 valence electrons. The van der Waals surface area contributed by atoms with E-state index in [9.17, 15) is 9.59 Å². The Balaban J connectivity index is 2.30. The summed E-state index contributed by atoms with van der Waals surface area (Å²) in [7, 11) is 0. The maximum Gasteiger partial charge on any atom is 0.327 e. The summed E-state index contributed by atoms with van der Waals surface area (Å²) in [6.07, 6.45) is 0.615. The molecule has 0 radical (unpaired) electrons. The van der Waals surface area contributed by atoms with Gasteiger partial charge in [0.05, 0.1) is 13.2 Å². The molecule has 1 rings (SSSR count). The standard InChI is InChI=1S/C16H23NO4/c1-16(2,3)12-6-8-13(9-7-12)20-10-4-5-14(18)21-15(19)11-17/h6-9H,4-5,10-11,17H2,1-3H3. The fraction of sp³-hybridized carbons (Fsp3) is 0.500. The van der Waals surface area contributed by atoms with Crippen LogP contribution in [0, 0.1) is 0 Å². The molecule has 5 nitrogen and oxygen atoms in total. The number of ether oxygens (including phenoxy) is 2. The van der Waals surface area contributed by atoms with Gasteiger partial charge in [-0.3, -0.25) is 9.59 Å². The third kappa shape index (κ3) is 6.40. The van der Waals surface area contributed by atoms with E-state index in [0.29, 0.717) is 13.0 Å². The zero-order valence-corrected chi connectivity index (χ0v) is 12.8. The Labute approximate surface area is 125 Å². The Morgan fingerprint density at radius 2 is 1.71 bits per heavy atom. The van der Waals surface area contributed by atoms with Crippen molar-refractivity contribution in [3.8, 4) is 5.75 Å². The van der Waals surface area contributed by atoms with Crippen LogP contribution >= 0.6 is 0 Å². The predicted molar refractivity (Wildman–Crippen MR) is 80.0 cm³/mol. The van der Waals surface area contributed by atoms with Crippen LogP contribution < -0.4 is 10.5 Å². The Kier molecular flexibility index (Phi) is 6.37. The maximum atomic E-state index is 11.2. The molecular formula is C16H23NO4. The van der Waals surface area contributed by atoms with Gasteiger partial charge in [0.15, 0.2) is 0 Å². The van der Waals surface area contributed by atoms with Gasteiger partial charge in [0.2, 0.25) is 0 Å². The molecule has 0 aliphatic rings. The first-order valence-electron chi connectivity index (χ1n) is 7.00. The molecule has 0 atom stereocenters. The fourth-order valence-corrected chi connectivity index (χ4v) is 1.68. The number of rotatable bonds is 6. The smallest absolute Gasteiger partial charge is 0.327 e. The van der Waals surface area contributed by atoms with E-state index in [1.165, 1.54) is 5.56 Å². The zero-order valence-electron chi connectivity index (χ0n) is 12.8. The van der Waals surface area contributed by atoms with Gasteiger partial charge in [0.1, 0.15) is 5.75 Å². The van der Waals surface area contributed by atoms with Crippen LogP contribution in [-0.4, -0.2) is 25.1 Å². The minimum absolute atomic E-state index is 0.109. The lowest BCUT2D eigenvalue weighted by atomic mass is 9.87. The van der Waals surface area contributed by atoms with E-state index in [0.717, 1.165) is 5.75 Å². The molecule has 1 aromatic rings. The van der Waals surface area contributed by atoms with Gasteiger partial charge in [0.25, 0.3) is 0 Å². The topological polar surface area (TPSA) is 78.6 Å². The van der Waals surface area contributed by atoms with Crippen molar-refractivity contribution in [1.29, 1.82) is 0 Å². The molecule has 0 amide bonds. The van der Waals surface area contributed by atoms with Gasteiger partial charge >= 0.3 is 11.9 Å². The van der Waals surface area contributed by atoms with Crippen molar-refractivity contribution in [3.63, 3.8) is 0 Å². The van der Waals surface area contributed by atoms with Crippen molar-refractivity contribution in [3.05, 3.63) is 29.8 Å². The molecule has 2 N–H and O–H groups in total. The summed E-state index contributed by atoms with van der Waals surface area (Å²) >= 11 is 0. The second-order valence-electron chi connectivity index (χ2n) is 5.78. The van der Waals surface area contributed by atoms with E-state index in [-0.39, 0.29) is 18.4 Å². The summed E-state index contributed by atoms with van der Waals surface area (Å²) in [5.41, 5.74) is 6.39. The molecule has 0 unspecified atom stereocenters. The van der Waals surface area contributed by atoms with Crippen molar-refractivity contribution in [2.45, 2.75) is 39.0 Å². The summed E-state index contributed by atoms with van der Waals surface area (Å²) in [4.78, 5) is 22.0. The van der Waals surface area contributed by atoms with Crippen LogP contribution in [0.15, 0.2) is 24.3 Å². The van der Waals surface area contributed by atoms with E-state index >= 15 is 0 Å². The highest BCUT2D eigenvalue weighted by atomic mass is 16.6. The number of hydrogen-bond acceptors (Lipinski definition) is 5. The third-order valence-electron chi connectivity index (χ3n) is 2.91. The summed E-state index contributed by atoms with van der Waals surface area (Å²) in [6.45, 7) is 6.55. The minimum Gasteiger partial charge on any atom is -0.494 e. The van der Waals surface area contributed by atoms with E-state index < -0.39 is 11.9 Å². The highest BCUT2D eigenvalue weighted by molar-refractivity contribution is 5.86. The molecule has 0 saturated carbocycles. The average Bonchev–Trinajstić information content (AvgIpc) is 2.43. The molecule has 0 aromatic heterocycles. The first-order valence-corrected chi connectivity index (χ1v) is 7.00. The Morgan fingerprint density at radius 3 is 2.24 bits per heavy atom. The highest BCUT2D eigenvalue weighted by Crippen LogP contribution is 2.24. The van der Waals surface area contributed by atoms with Crippen LogP contribution in [0.2, 0.25) is 0 Å². The fourth-order valence-electron chi connectivity index (χ4n) is 1.68. The Hall–Kier alpha value is -1.88. The van der Waals surface area contributed by atoms with Crippen LogP contribution in [0.25, 0.3) is 0 Å². The highest BCUT2D eigenvalue weighted by Gasteiger charge is 2.13. The van der Waals surface area contributed by atoms with Crippen molar-refractivity contribution >= 4 is 11.9 Å². The van der Waals surface area contributed by atoms with E-state index in [1.54, 1.807) is 0 Å². The van der Waals surface area contributed by atoms with E-state index in [2.05, 4.69) is 25.5 Å². The molecule has 0 aliphatic carbocycles. The lowest BCUT2D eigenvalue weighted by molar-refractivity contribution is -0.158. The second-order valence-corrected chi connectivity index (χ2v) is 5.78. The van der Waals surface area contributed by atoms with Gasteiger partial charge in [-0.15, -0.1) is 0 Å². The number of nitrogens with two attached hydrogens (primary N) is 1. The number of benzene rings is 1. The third-order valence-corrected chi connectivity index (χ3v) is 2.91. The summed E-state index contributed by atoms with van der Waals surface area (Å²) in [6, 6.07) is 7.89. The Bertz CT molecular complexity index is 474. The van der Waals surface area contributed by atoms with Gasteiger partial charge in [-0.1, -0.05) is 32.9 Å². The SMILES string of the molecule is CC(C)(C)c1ccc(OCCCC(=O)OC(=O)CN)cc1. The lowest BCUT2D eigenvalue weighted by Crippen LogP contribution is -2.20. The van der Waals surface area contributed by atoms with Gasteiger partial charge in [-0.05, 0) is 29.5 Å². The normalized spacial score (nSPS) is 11.0. The van der Waals surface area contributed by atoms with Gasteiger partial charge < -0.3 is 15.2 Å². The van der Waals surface area contributed by atoms with Crippen LogP contribution in [0.1, 0.15) is 39.2 Å². The van der Waals surface area contributed by atoms with Crippen LogP contribution in [0.3, 0.4) is 0 Å². The predicted octanol–water partition coefficient (Wildman–Crippen LogP) is 2.17. The largest absolute Gasteiger partial charge is 0.494 e. The van der Waals surface area contributed by atoms with Gasteiger partial charge in [-0.2, -0.15) is 0 Å². The maximum absolute atomic E-state index is 11.2. The summed E-state index contributed by atoms with van der Waals surface area (Å²) in [5, 5.41) is 0. The summed E-state index contributed by atoms with van der Waals surface area (Å²) in [5.74, 6) is -0.523. The monoisotopic (exact) mass is 293 g/mol. The Morgan fingerprint density at radius 1 is 1.10 bits per heavy atom. The van der Waals surface area contributed by atoms with Crippen LogP contribution in [0.4, 0.5) is 0 Å². The molecule has 0 saturated heterocycles. The molecule has 0 bridgehead atoms. The average molecular weight is 293 g/mol. The van der Waals surface area contributed by atoms with Crippen LogP contribution in [-0.2, 0) is 19.7 Å². The second kappa shape index (κ2) is 7.78. The van der Waals surface area contributed by atoms with Crippen molar-refractivity contribution in [2.75, 3.05) is 13.2 Å². The molecule has 0 aliphatic heterocycles. The molecule has 0 heterocycles. The number of carbonyl (C=O) groups is 2. The molecule has 5 heteroatoms. The van der Waals surface area contributed by atoms with Crippen molar-refractivity contribution in [1.82, 2.24) is 0 Å². The molecule has 1 aromatic carbocycles. The minimum atomic E-state index is -0.710. The van der Waals surface area contributed by atoms with E-state index in [4.69, 9.17) is 10.5 Å². The van der Waals surface area contributed by atoms with Gasteiger partial charge in [0, 0.05) is 6.42 Å². The van der Waals surface area contributed by atoms with Gasteiger partial charge in [-0.25, -0.2) is 0 Å². The van der Waals surface area contributed by atoms with Crippen molar-refractivity contribution < 1.29 is 19.1 Å². The number of carbonyl (C=O) groups excluding carboxylic acids is 2. The van der Waals surface area contributed by atoms with Crippen molar-refractivity contribution in [2.24, 2.45) is 5.73 Å². The first-order chi connectivity index (χ1) is 9.82. The molecule has 0 spiro atoms. The molecule has 21 heavy (non-hydrogen) atoms. The molecular weight excluding hydrogens is 270 g/mol. The van der Waals surface area contributed by atoms with Crippen LogP contribution in [0.5, 0.6) is 5.75 Å². The zero-order chi connectivity index (χ0) is 15.9. The van der Waals surface area contributed by atoms with E-state index in [1.807, 2.05) is 24.3 Å². The lowest BCUT2D eigenvalue weighted by Gasteiger charge is -2.19. The number of hydrogen-bond donors (Lipinski definition) is 1.